The Hall–Kier alpha value is -1.42. The molecule has 1 amide bonds. The van der Waals surface area contributed by atoms with Gasteiger partial charge in [0.15, 0.2) is 5.96 Å². The van der Waals surface area contributed by atoms with E-state index >= 15 is 0 Å². The molecule has 1 saturated heterocycles. The first-order valence-corrected chi connectivity index (χ1v) is 9.71. The number of likely N-dealkylation sites (tertiary alicyclic amines) is 1. The lowest BCUT2D eigenvalue weighted by Gasteiger charge is -2.32. The van der Waals surface area contributed by atoms with E-state index < -0.39 is 0 Å². The molecule has 1 aliphatic heterocycles. The summed E-state index contributed by atoms with van der Waals surface area (Å²) >= 11 is 0. The first-order valence-electron chi connectivity index (χ1n) is 9.71. The van der Waals surface area contributed by atoms with Crippen LogP contribution in [-0.4, -0.2) is 63.1 Å². The summed E-state index contributed by atoms with van der Waals surface area (Å²) in [6, 6.07) is 7.40. The summed E-state index contributed by atoms with van der Waals surface area (Å²) in [6.07, 6.45) is 3.93. The highest BCUT2D eigenvalue weighted by Crippen LogP contribution is 2.48. The highest BCUT2D eigenvalue weighted by Gasteiger charge is 2.45. The Balaban J connectivity index is 0.00000280. The molecule has 0 unspecified atom stereocenters. The molecule has 3 rings (SSSR count). The zero-order valence-corrected chi connectivity index (χ0v) is 19.0. The minimum atomic E-state index is -0.122. The molecule has 1 saturated carbocycles. The van der Waals surface area contributed by atoms with Crippen LogP contribution in [0.5, 0.6) is 0 Å². The van der Waals surface area contributed by atoms with Gasteiger partial charge in [0.05, 0.1) is 6.54 Å². The molecule has 0 aromatic heterocycles. The summed E-state index contributed by atoms with van der Waals surface area (Å²) in [5.41, 5.74) is 0.690. The Kier molecular flexibility index (Phi) is 8.48. The van der Waals surface area contributed by atoms with Gasteiger partial charge in [-0.15, -0.1) is 24.0 Å². The smallest absolute Gasteiger partial charge is 0.233 e. The molecule has 1 aromatic rings. The average Bonchev–Trinajstić information content (AvgIpc) is 3.47. The number of hydrogen-bond donors (Lipinski definition) is 3. The lowest BCUT2D eigenvalue weighted by molar-refractivity contribution is -0.122. The third-order valence-electron chi connectivity index (χ3n) is 5.69. The van der Waals surface area contributed by atoms with Gasteiger partial charge in [-0.1, -0.05) is 18.2 Å². The normalized spacial score (nSPS) is 19.5. The van der Waals surface area contributed by atoms with Crippen LogP contribution in [-0.2, 0) is 10.2 Å². The van der Waals surface area contributed by atoms with E-state index in [4.69, 9.17) is 0 Å². The van der Waals surface area contributed by atoms with Crippen LogP contribution in [0.25, 0.3) is 0 Å². The van der Waals surface area contributed by atoms with Gasteiger partial charge in [0.2, 0.25) is 5.91 Å². The number of nitrogens with one attached hydrogen (secondary N) is 3. The first kappa shape index (κ1) is 22.9. The molecular formula is C20H31FIN5O. The van der Waals surface area contributed by atoms with E-state index in [-0.39, 0.29) is 41.1 Å². The number of benzene rings is 1. The maximum atomic E-state index is 14.2. The van der Waals surface area contributed by atoms with Crippen molar-refractivity contribution in [1.29, 1.82) is 0 Å². The highest BCUT2D eigenvalue weighted by atomic mass is 127. The lowest BCUT2D eigenvalue weighted by Crippen LogP contribution is -2.50. The van der Waals surface area contributed by atoms with Gasteiger partial charge in [-0.3, -0.25) is 14.7 Å². The van der Waals surface area contributed by atoms with E-state index in [0.717, 1.165) is 50.3 Å². The SMILES string of the molecule is CN=C(NCC1(c2ccccc2F)CC1)NC1CCN(CC(=O)NC)CC1.I. The zero-order chi connectivity index (χ0) is 19.3. The number of carbonyl (C=O) groups excluding carboxylic acids is 1. The molecule has 1 aliphatic carbocycles. The number of carbonyl (C=O) groups is 1. The molecule has 156 valence electrons. The van der Waals surface area contributed by atoms with Crippen molar-refractivity contribution in [1.82, 2.24) is 20.9 Å². The Bertz CT molecular complexity index is 687. The Morgan fingerprint density at radius 3 is 2.54 bits per heavy atom. The molecular weight excluding hydrogens is 472 g/mol. The second-order valence-corrected chi connectivity index (χ2v) is 7.55. The van der Waals surface area contributed by atoms with E-state index in [9.17, 15) is 9.18 Å². The van der Waals surface area contributed by atoms with Crippen LogP contribution < -0.4 is 16.0 Å². The van der Waals surface area contributed by atoms with E-state index in [1.165, 1.54) is 6.07 Å². The van der Waals surface area contributed by atoms with Crippen molar-refractivity contribution in [3.05, 3.63) is 35.6 Å². The maximum Gasteiger partial charge on any atom is 0.233 e. The maximum absolute atomic E-state index is 14.2. The number of amides is 1. The van der Waals surface area contributed by atoms with Gasteiger partial charge in [-0.2, -0.15) is 0 Å². The molecule has 28 heavy (non-hydrogen) atoms. The quantitative estimate of drug-likeness (QED) is 0.315. The fourth-order valence-electron chi connectivity index (χ4n) is 3.74. The Morgan fingerprint density at radius 1 is 1.29 bits per heavy atom. The van der Waals surface area contributed by atoms with Crippen LogP contribution >= 0.6 is 24.0 Å². The van der Waals surface area contributed by atoms with Crippen LogP contribution in [0.4, 0.5) is 4.39 Å². The van der Waals surface area contributed by atoms with Crippen LogP contribution in [0, 0.1) is 5.82 Å². The molecule has 2 fully saturated rings. The van der Waals surface area contributed by atoms with E-state index in [0.29, 0.717) is 19.1 Å². The minimum Gasteiger partial charge on any atom is -0.358 e. The number of aliphatic imine (C=N–C) groups is 1. The fraction of sp³-hybridized carbons (Fsp3) is 0.600. The summed E-state index contributed by atoms with van der Waals surface area (Å²) < 4.78 is 14.2. The van der Waals surface area contributed by atoms with E-state index in [2.05, 4.69) is 25.8 Å². The predicted octanol–water partition coefficient (Wildman–Crippen LogP) is 1.85. The monoisotopic (exact) mass is 503 g/mol. The van der Waals surface area contributed by atoms with Crippen LogP contribution in [0.15, 0.2) is 29.3 Å². The molecule has 8 heteroatoms. The van der Waals surface area contributed by atoms with Crippen LogP contribution in [0.3, 0.4) is 0 Å². The third kappa shape index (κ3) is 5.79. The van der Waals surface area contributed by atoms with Crippen molar-refractivity contribution in [2.75, 3.05) is 40.3 Å². The van der Waals surface area contributed by atoms with Crippen molar-refractivity contribution in [2.45, 2.75) is 37.1 Å². The molecule has 3 N–H and O–H groups in total. The lowest BCUT2D eigenvalue weighted by atomic mass is 9.95. The molecule has 6 nitrogen and oxygen atoms in total. The van der Waals surface area contributed by atoms with Crippen molar-refractivity contribution in [2.24, 2.45) is 4.99 Å². The first-order chi connectivity index (χ1) is 13.1. The van der Waals surface area contributed by atoms with Gasteiger partial charge in [0.1, 0.15) is 5.82 Å². The molecule has 0 radical (unpaired) electrons. The number of guanidine groups is 1. The number of nitrogens with zero attached hydrogens (tertiary/aromatic N) is 2. The Labute approximate surface area is 183 Å². The van der Waals surface area contributed by atoms with E-state index in [1.54, 1.807) is 20.2 Å². The van der Waals surface area contributed by atoms with Crippen molar-refractivity contribution in [3.63, 3.8) is 0 Å². The van der Waals surface area contributed by atoms with E-state index in [1.807, 2.05) is 12.1 Å². The van der Waals surface area contributed by atoms with Crippen molar-refractivity contribution >= 4 is 35.8 Å². The standard InChI is InChI=1S/C20H30FN5O.HI/c1-22-18(27)13-26-11-7-15(8-12-26)25-19(23-2)24-14-20(9-10-20)16-5-3-4-6-17(16)21;/h3-6,15H,7-14H2,1-2H3,(H,22,27)(H2,23,24,25);1H. The van der Waals surface area contributed by atoms with Crippen molar-refractivity contribution in [3.8, 4) is 0 Å². The number of piperidine rings is 1. The molecule has 1 heterocycles. The molecule has 0 atom stereocenters. The van der Waals surface area contributed by atoms with Crippen LogP contribution in [0.1, 0.15) is 31.2 Å². The van der Waals surface area contributed by atoms with Gasteiger partial charge in [0, 0.05) is 45.2 Å². The molecule has 1 aromatic carbocycles. The zero-order valence-electron chi connectivity index (χ0n) is 16.6. The second kappa shape index (κ2) is 10.4. The number of hydrogen-bond acceptors (Lipinski definition) is 3. The number of likely N-dealkylation sites (N-methyl/N-ethyl adjacent to an activating group) is 1. The van der Waals surface area contributed by atoms with Crippen LogP contribution in [0.2, 0.25) is 0 Å². The van der Waals surface area contributed by atoms with Gasteiger partial charge >= 0.3 is 0 Å². The van der Waals surface area contributed by atoms with Crippen molar-refractivity contribution < 1.29 is 9.18 Å². The average molecular weight is 503 g/mol. The predicted molar refractivity (Wildman–Crippen MR) is 121 cm³/mol. The minimum absolute atomic E-state index is 0. The van der Waals surface area contributed by atoms with Gasteiger partial charge in [0.25, 0.3) is 0 Å². The largest absolute Gasteiger partial charge is 0.358 e. The fourth-order valence-corrected chi connectivity index (χ4v) is 3.74. The molecule has 2 aliphatic rings. The second-order valence-electron chi connectivity index (χ2n) is 7.55. The summed E-state index contributed by atoms with van der Waals surface area (Å²) in [6.45, 7) is 2.92. The summed E-state index contributed by atoms with van der Waals surface area (Å²) in [7, 11) is 3.43. The highest BCUT2D eigenvalue weighted by molar-refractivity contribution is 14.0. The third-order valence-corrected chi connectivity index (χ3v) is 5.69. The number of halogens is 2. The summed E-state index contributed by atoms with van der Waals surface area (Å²) in [4.78, 5) is 18.0. The Morgan fingerprint density at radius 2 is 1.96 bits per heavy atom. The molecule has 0 spiro atoms. The van der Waals surface area contributed by atoms with Gasteiger partial charge in [-0.25, -0.2) is 4.39 Å². The topological polar surface area (TPSA) is 68.8 Å². The van der Waals surface area contributed by atoms with Gasteiger partial charge < -0.3 is 16.0 Å². The summed E-state index contributed by atoms with van der Waals surface area (Å²) in [5.74, 6) is 0.701. The molecule has 0 bridgehead atoms. The van der Waals surface area contributed by atoms with Gasteiger partial charge in [-0.05, 0) is 37.3 Å². The summed E-state index contributed by atoms with van der Waals surface area (Å²) in [5, 5.41) is 9.54. The number of rotatable bonds is 6.